The number of halogens is 1. The molecule has 3 heteroatoms. The van der Waals surface area contributed by atoms with Crippen molar-refractivity contribution in [3.8, 4) is 0 Å². The minimum Gasteiger partial charge on any atom is -0.380 e. The molecule has 1 aliphatic carbocycles. The summed E-state index contributed by atoms with van der Waals surface area (Å²) in [7, 11) is 0. The van der Waals surface area contributed by atoms with E-state index in [1.165, 1.54) is 25.7 Å². The zero-order valence-corrected chi connectivity index (χ0v) is 12.9. The molecular weight excluding hydrogens is 268 g/mol. The Bertz CT molecular complexity index is 621. The van der Waals surface area contributed by atoms with Crippen LogP contribution < -0.4 is 5.32 Å². The summed E-state index contributed by atoms with van der Waals surface area (Å²) >= 11 is 6.26. The van der Waals surface area contributed by atoms with Crippen molar-refractivity contribution in [2.45, 2.75) is 45.6 Å². The first-order valence-electron chi connectivity index (χ1n) is 7.38. The van der Waals surface area contributed by atoms with Gasteiger partial charge in [0.15, 0.2) is 0 Å². The summed E-state index contributed by atoms with van der Waals surface area (Å²) in [6.07, 6.45) is 6.98. The van der Waals surface area contributed by atoms with Crippen LogP contribution in [0.15, 0.2) is 30.5 Å². The molecule has 0 bridgehead atoms. The summed E-state index contributed by atoms with van der Waals surface area (Å²) < 4.78 is 0. The first kappa shape index (κ1) is 13.7. The molecule has 20 heavy (non-hydrogen) atoms. The molecule has 1 aliphatic rings. The molecule has 2 aromatic rings. The Hall–Kier alpha value is -1.28. The molecule has 106 valence electrons. The largest absolute Gasteiger partial charge is 0.380 e. The van der Waals surface area contributed by atoms with Gasteiger partial charge in [-0.15, -0.1) is 0 Å². The lowest BCUT2D eigenvalue weighted by Crippen LogP contribution is -2.38. The summed E-state index contributed by atoms with van der Waals surface area (Å²) in [6.45, 7) is 4.71. The Balaban J connectivity index is 1.97. The molecular formula is C17H21ClN2. The maximum atomic E-state index is 6.26. The predicted molar refractivity (Wildman–Crippen MR) is 86.4 cm³/mol. The zero-order chi connectivity index (χ0) is 14.2. The van der Waals surface area contributed by atoms with Gasteiger partial charge in [-0.05, 0) is 42.5 Å². The van der Waals surface area contributed by atoms with Crippen molar-refractivity contribution >= 4 is 28.2 Å². The molecule has 1 atom stereocenters. The first-order chi connectivity index (χ1) is 9.58. The molecule has 1 saturated carbocycles. The molecule has 3 rings (SSSR count). The lowest BCUT2D eigenvalue weighted by molar-refractivity contribution is 0.217. The third-order valence-electron chi connectivity index (χ3n) is 4.55. The number of hydrogen-bond donors (Lipinski definition) is 1. The van der Waals surface area contributed by atoms with Gasteiger partial charge in [0.05, 0.1) is 16.2 Å². The normalized spacial score (nSPS) is 21.9. The van der Waals surface area contributed by atoms with Crippen molar-refractivity contribution in [1.29, 1.82) is 0 Å². The summed E-state index contributed by atoms with van der Waals surface area (Å²) in [6, 6.07) is 8.49. The molecule has 1 aromatic heterocycles. The highest BCUT2D eigenvalue weighted by molar-refractivity contribution is 6.35. The van der Waals surface area contributed by atoms with Crippen molar-refractivity contribution in [3.63, 3.8) is 0 Å². The fourth-order valence-corrected chi connectivity index (χ4v) is 3.42. The zero-order valence-electron chi connectivity index (χ0n) is 12.1. The third kappa shape index (κ3) is 2.49. The minimum absolute atomic E-state index is 0.332. The van der Waals surface area contributed by atoms with Crippen LogP contribution in [0, 0.1) is 5.41 Å². The van der Waals surface area contributed by atoms with E-state index in [1.54, 1.807) is 0 Å². The number of pyridine rings is 1. The third-order valence-corrected chi connectivity index (χ3v) is 4.88. The second kappa shape index (κ2) is 5.25. The number of rotatable bonds is 2. The number of anilines is 1. The average Bonchev–Trinajstić information content (AvgIpc) is 2.44. The van der Waals surface area contributed by atoms with E-state index in [2.05, 4.69) is 30.2 Å². The van der Waals surface area contributed by atoms with Gasteiger partial charge in [-0.1, -0.05) is 38.3 Å². The summed E-state index contributed by atoms with van der Waals surface area (Å²) in [5, 5.41) is 5.51. The van der Waals surface area contributed by atoms with Crippen LogP contribution in [-0.2, 0) is 0 Å². The Morgan fingerprint density at radius 2 is 2.10 bits per heavy atom. The van der Waals surface area contributed by atoms with E-state index >= 15 is 0 Å². The molecule has 1 heterocycles. The molecule has 1 fully saturated rings. The maximum Gasteiger partial charge on any atom is 0.0948 e. The van der Waals surface area contributed by atoms with Crippen molar-refractivity contribution in [2.75, 3.05) is 5.32 Å². The molecule has 2 nitrogen and oxygen atoms in total. The van der Waals surface area contributed by atoms with Gasteiger partial charge < -0.3 is 5.32 Å². The van der Waals surface area contributed by atoms with Crippen LogP contribution in [0.2, 0.25) is 5.02 Å². The Kier molecular flexibility index (Phi) is 3.59. The van der Waals surface area contributed by atoms with Gasteiger partial charge in [-0.3, -0.25) is 4.98 Å². The molecule has 1 aromatic carbocycles. The fourth-order valence-electron chi connectivity index (χ4n) is 3.20. The number of benzene rings is 1. The van der Waals surface area contributed by atoms with E-state index in [4.69, 9.17) is 11.6 Å². The van der Waals surface area contributed by atoms with E-state index in [0.29, 0.717) is 11.5 Å². The number of fused-ring (bicyclic) bond motifs is 1. The number of hydrogen-bond acceptors (Lipinski definition) is 2. The smallest absolute Gasteiger partial charge is 0.0948 e. The second-order valence-electron chi connectivity index (χ2n) is 6.43. The highest BCUT2D eigenvalue weighted by Crippen LogP contribution is 2.38. The van der Waals surface area contributed by atoms with Crippen molar-refractivity contribution in [3.05, 3.63) is 35.5 Å². The van der Waals surface area contributed by atoms with Gasteiger partial charge in [0.2, 0.25) is 0 Å². The minimum atomic E-state index is 0.332. The molecule has 0 amide bonds. The summed E-state index contributed by atoms with van der Waals surface area (Å²) in [5.74, 6) is 0. The van der Waals surface area contributed by atoms with E-state index in [9.17, 15) is 0 Å². The lowest BCUT2D eigenvalue weighted by atomic mass is 9.73. The second-order valence-corrected chi connectivity index (χ2v) is 6.83. The lowest BCUT2D eigenvalue weighted by Gasteiger charge is -2.39. The van der Waals surface area contributed by atoms with E-state index in [0.717, 1.165) is 21.6 Å². The molecule has 0 aliphatic heterocycles. The van der Waals surface area contributed by atoms with Crippen molar-refractivity contribution in [2.24, 2.45) is 5.41 Å². The van der Waals surface area contributed by atoms with Gasteiger partial charge in [-0.25, -0.2) is 0 Å². The molecule has 0 spiro atoms. The van der Waals surface area contributed by atoms with Crippen LogP contribution in [0.3, 0.4) is 0 Å². The van der Waals surface area contributed by atoms with Crippen molar-refractivity contribution in [1.82, 2.24) is 4.98 Å². The van der Waals surface area contributed by atoms with Crippen LogP contribution in [0.4, 0.5) is 5.69 Å². The van der Waals surface area contributed by atoms with Crippen LogP contribution in [0.1, 0.15) is 39.5 Å². The molecule has 1 N–H and O–H groups in total. The summed E-state index contributed by atoms with van der Waals surface area (Å²) in [4.78, 5) is 4.51. The number of aromatic nitrogens is 1. The van der Waals surface area contributed by atoms with Gasteiger partial charge in [-0.2, -0.15) is 0 Å². The first-order valence-corrected chi connectivity index (χ1v) is 7.75. The Morgan fingerprint density at radius 3 is 2.90 bits per heavy atom. The van der Waals surface area contributed by atoms with Gasteiger partial charge >= 0.3 is 0 Å². The van der Waals surface area contributed by atoms with Gasteiger partial charge in [0.1, 0.15) is 0 Å². The van der Waals surface area contributed by atoms with E-state index in [1.807, 2.05) is 24.4 Å². The van der Waals surface area contributed by atoms with Crippen LogP contribution >= 0.6 is 11.6 Å². The molecule has 0 saturated heterocycles. The highest BCUT2D eigenvalue weighted by atomic mass is 35.5. The summed E-state index contributed by atoms with van der Waals surface area (Å²) in [5.41, 5.74) is 2.41. The molecule has 0 radical (unpaired) electrons. The molecule has 1 unspecified atom stereocenters. The number of nitrogens with zero attached hydrogens (tertiary/aromatic N) is 1. The Morgan fingerprint density at radius 1 is 1.25 bits per heavy atom. The van der Waals surface area contributed by atoms with Crippen LogP contribution in [0.25, 0.3) is 10.9 Å². The quantitative estimate of drug-likeness (QED) is 0.814. The maximum absolute atomic E-state index is 6.26. The topological polar surface area (TPSA) is 24.9 Å². The van der Waals surface area contributed by atoms with Crippen LogP contribution in [-0.4, -0.2) is 11.0 Å². The average molecular weight is 289 g/mol. The predicted octanol–water partition coefficient (Wildman–Crippen LogP) is 5.27. The van der Waals surface area contributed by atoms with E-state index in [-0.39, 0.29) is 0 Å². The van der Waals surface area contributed by atoms with Gasteiger partial charge in [0, 0.05) is 17.6 Å². The fraction of sp³-hybridized carbons (Fsp3) is 0.471. The highest BCUT2D eigenvalue weighted by Gasteiger charge is 2.32. The Labute approximate surface area is 125 Å². The van der Waals surface area contributed by atoms with Crippen molar-refractivity contribution < 1.29 is 0 Å². The van der Waals surface area contributed by atoms with Crippen LogP contribution in [0.5, 0.6) is 0 Å². The standard InChI is InChI=1S/C17H21ClN2/c1-17(2)10-4-3-7-15(17)20-14-9-8-13(18)12-6-5-11-19-16(12)14/h5-6,8-9,11,15,20H,3-4,7,10H2,1-2H3. The van der Waals surface area contributed by atoms with E-state index < -0.39 is 0 Å². The van der Waals surface area contributed by atoms with Gasteiger partial charge in [0.25, 0.3) is 0 Å². The monoisotopic (exact) mass is 288 g/mol. The number of nitrogens with one attached hydrogen (secondary N) is 1. The SMILES string of the molecule is CC1(C)CCCCC1Nc1ccc(Cl)c2cccnc12.